The van der Waals surface area contributed by atoms with Crippen LogP contribution >= 0.6 is 15.9 Å². The number of hydrogen-bond donors (Lipinski definition) is 2. The molecule has 2 aromatic rings. The number of halogens is 1. The number of anilines is 1. The van der Waals surface area contributed by atoms with Crippen molar-refractivity contribution < 1.29 is 5.11 Å². The Morgan fingerprint density at radius 2 is 2.14 bits per heavy atom. The summed E-state index contributed by atoms with van der Waals surface area (Å²) in [7, 11) is 0. The Bertz CT molecular complexity index is 619. The fraction of sp³-hybridized carbons (Fsp3) is 0.600. The zero-order valence-corrected chi connectivity index (χ0v) is 13.8. The highest BCUT2D eigenvalue weighted by atomic mass is 79.9. The van der Waals surface area contributed by atoms with E-state index in [1.807, 2.05) is 6.20 Å². The second-order valence-corrected chi connectivity index (χ2v) is 6.56. The number of nitrogens with one attached hydrogen (secondary N) is 1. The Kier molecular flexibility index (Phi) is 4.45. The number of fused-ring (bicyclic) bond motifs is 1. The van der Waals surface area contributed by atoms with Gasteiger partial charge >= 0.3 is 0 Å². The van der Waals surface area contributed by atoms with Gasteiger partial charge in [0.1, 0.15) is 5.65 Å². The van der Waals surface area contributed by atoms with Crippen LogP contribution in [-0.4, -0.2) is 32.3 Å². The third kappa shape index (κ3) is 3.06. The summed E-state index contributed by atoms with van der Waals surface area (Å²) in [6, 6.07) is 0.413. The van der Waals surface area contributed by atoms with Crippen molar-refractivity contribution in [1.82, 2.24) is 14.5 Å². The molecule has 0 amide bonds. The van der Waals surface area contributed by atoms with Gasteiger partial charge in [-0.05, 0) is 48.0 Å². The third-order valence-corrected chi connectivity index (χ3v) is 4.75. The first kappa shape index (κ1) is 14.8. The van der Waals surface area contributed by atoms with Crippen LogP contribution in [0.3, 0.4) is 0 Å². The number of aromatic nitrogens is 3. The van der Waals surface area contributed by atoms with Crippen molar-refractivity contribution in [3.05, 3.63) is 16.9 Å². The van der Waals surface area contributed by atoms with Crippen molar-refractivity contribution in [3.8, 4) is 0 Å². The first-order valence-corrected chi connectivity index (χ1v) is 8.43. The molecule has 1 fully saturated rings. The SMILES string of the molecule is CCCNc1ncc2c(Br)cn([C@H]3CC[C@H](O)CC3)c2n1. The molecular formula is C15H21BrN4O. The topological polar surface area (TPSA) is 63.0 Å². The molecule has 5 nitrogen and oxygen atoms in total. The van der Waals surface area contributed by atoms with E-state index in [0.29, 0.717) is 12.0 Å². The Hall–Kier alpha value is -1.14. The molecule has 0 atom stereocenters. The molecule has 114 valence electrons. The standard InChI is InChI=1S/C15H21BrN4O/c1-2-7-17-15-18-8-12-13(16)9-20(14(12)19-15)10-3-5-11(21)6-4-10/h8-11,21H,2-7H2,1H3,(H,17,18,19)/t10-,11-. The van der Waals surface area contributed by atoms with Crippen LogP contribution in [0.1, 0.15) is 45.1 Å². The molecule has 6 heteroatoms. The molecule has 1 aliphatic rings. The van der Waals surface area contributed by atoms with E-state index in [4.69, 9.17) is 0 Å². The molecular weight excluding hydrogens is 332 g/mol. The van der Waals surface area contributed by atoms with E-state index in [1.165, 1.54) is 0 Å². The lowest BCUT2D eigenvalue weighted by atomic mass is 9.93. The van der Waals surface area contributed by atoms with Crippen molar-refractivity contribution in [2.75, 3.05) is 11.9 Å². The van der Waals surface area contributed by atoms with E-state index in [2.05, 4.69) is 48.9 Å². The summed E-state index contributed by atoms with van der Waals surface area (Å²) in [5, 5.41) is 14.0. The van der Waals surface area contributed by atoms with Crippen LogP contribution in [0.25, 0.3) is 11.0 Å². The number of rotatable bonds is 4. The van der Waals surface area contributed by atoms with Crippen LogP contribution in [0.4, 0.5) is 5.95 Å². The Morgan fingerprint density at radius 1 is 1.38 bits per heavy atom. The summed E-state index contributed by atoms with van der Waals surface area (Å²) in [6.07, 6.45) is 8.62. The first-order valence-electron chi connectivity index (χ1n) is 7.64. The van der Waals surface area contributed by atoms with Gasteiger partial charge in [0.05, 0.1) is 11.5 Å². The average molecular weight is 353 g/mol. The van der Waals surface area contributed by atoms with E-state index in [1.54, 1.807) is 0 Å². The zero-order valence-electron chi connectivity index (χ0n) is 12.2. The predicted octanol–water partition coefficient (Wildman–Crippen LogP) is 3.49. The van der Waals surface area contributed by atoms with Gasteiger partial charge in [-0.2, -0.15) is 4.98 Å². The number of aliphatic hydroxyl groups excluding tert-OH is 1. The number of nitrogens with zero attached hydrogens (tertiary/aromatic N) is 3. The van der Waals surface area contributed by atoms with Gasteiger partial charge in [0.15, 0.2) is 0 Å². The van der Waals surface area contributed by atoms with Gasteiger partial charge in [-0.25, -0.2) is 4.98 Å². The highest BCUT2D eigenvalue weighted by Gasteiger charge is 2.23. The maximum absolute atomic E-state index is 9.68. The van der Waals surface area contributed by atoms with E-state index in [0.717, 1.165) is 54.2 Å². The monoisotopic (exact) mass is 352 g/mol. The summed E-state index contributed by atoms with van der Waals surface area (Å²) in [4.78, 5) is 9.05. The molecule has 1 aliphatic carbocycles. The molecule has 0 radical (unpaired) electrons. The summed E-state index contributed by atoms with van der Waals surface area (Å²) in [5.74, 6) is 0.687. The van der Waals surface area contributed by atoms with Crippen LogP contribution in [0.2, 0.25) is 0 Å². The Labute approximate surface area is 132 Å². The Balaban J connectivity index is 1.93. The summed E-state index contributed by atoms with van der Waals surface area (Å²) in [5.41, 5.74) is 0.969. The minimum Gasteiger partial charge on any atom is -0.393 e. The lowest BCUT2D eigenvalue weighted by Crippen LogP contribution is -2.20. The second-order valence-electron chi connectivity index (χ2n) is 5.70. The molecule has 0 aliphatic heterocycles. The van der Waals surface area contributed by atoms with Crippen molar-refractivity contribution in [2.24, 2.45) is 0 Å². The predicted molar refractivity (Wildman–Crippen MR) is 87.5 cm³/mol. The molecule has 21 heavy (non-hydrogen) atoms. The van der Waals surface area contributed by atoms with Gasteiger partial charge in [-0.3, -0.25) is 0 Å². The minimum absolute atomic E-state index is 0.136. The number of hydrogen-bond acceptors (Lipinski definition) is 4. The van der Waals surface area contributed by atoms with E-state index < -0.39 is 0 Å². The molecule has 0 unspecified atom stereocenters. The lowest BCUT2D eigenvalue weighted by molar-refractivity contribution is 0.111. The molecule has 3 rings (SSSR count). The minimum atomic E-state index is -0.136. The van der Waals surface area contributed by atoms with Crippen LogP contribution in [0, 0.1) is 0 Å². The summed E-state index contributed by atoms with van der Waals surface area (Å²) in [6.45, 7) is 3.00. The molecule has 0 bridgehead atoms. The van der Waals surface area contributed by atoms with Gasteiger partial charge in [0.2, 0.25) is 5.95 Å². The fourth-order valence-corrected chi connectivity index (χ4v) is 3.43. The van der Waals surface area contributed by atoms with Crippen LogP contribution in [0.5, 0.6) is 0 Å². The molecule has 0 saturated heterocycles. The van der Waals surface area contributed by atoms with Crippen LogP contribution in [-0.2, 0) is 0 Å². The first-order chi connectivity index (χ1) is 10.2. The lowest BCUT2D eigenvalue weighted by Gasteiger charge is -2.27. The normalized spacial score (nSPS) is 22.6. The van der Waals surface area contributed by atoms with Crippen molar-refractivity contribution >= 4 is 32.9 Å². The molecule has 0 aromatic carbocycles. The highest BCUT2D eigenvalue weighted by molar-refractivity contribution is 9.10. The quantitative estimate of drug-likeness (QED) is 0.883. The van der Waals surface area contributed by atoms with Gasteiger partial charge in [0.25, 0.3) is 0 Å². The zero-order chi connectivity index (χ0) is 14.8. The second kappa shape index (κ2) is 6.32. The smallest absolute Gasteiger partial charge is 0.224 e. The summed E-state index contributed by atoms with van der Waals surface area (Å²) >= 11 is 3.60. The van der Waals surface area contributed by atoms with Gasteiger partial charge in [0, 0.05) is 29.5 Å². The molecule has 2 heterocycles. The molecule has 2 N–H and O–H groups in total. The van der Waals surface area contributed by atoms with Crippen molar-refractivity contribution in [2.45, 2.75) is 51.2 Å². The molecule has 2 aromatic heterocycles. The molecule has 1 saturated carbocycles. The summed E-state index contributed by atoms with van der Waals surface area (Å²) < 4.78 is 3.27. The van der Waals surface area contributed by atoms with E-state index >= 15 is 0 Å². The molecule has 0 spiro atoms. The maximum atomic E-state index is 9.68. The highest BCUT2D eigenvalue weighted by Crippen LogP contribution is 2.34. The average Bonchev–Trinajstić information content (AvgIpc) is 2.83. The van der Waals surface area contributed by atoms with E-state index in [-0.39, 0.29) is 6.10 Å². The van der Waals surface area contributed by atoms with Crippen LogP contribution < -0.4 is 5.32 Å². The largest absolute Gasteiger partial charge is 0.393 e. The Morgan fingerprint density at radius 3 is 2.86 bits per heavy atom. The van der Waals surface area contributed by atoms with Crippen LogP contribution in [0.15, 0.2) is 16.9 Å². The van der Waals surface area contributed by atoms with Gasteiger partial charge < -0.3 is 15.0 Å². The van der Waals surface area contributed by atoms with E-state index in [9.17, 15) is 5.11 Å². The van der Waals surface area contributed by atoms with Gasteiger partial charge in [-0.1, -0.05) is 6.92 Å². The van der Waals surface area contributed by atoms with Crippen molar-refractivity contribution in [1.29, 1.82) is 0 Å². The fourth-order valence-electron chi connectivity index (χ4n) is 2.93. The third-order valence-electron chi connectivity index (χ3n) is 4.12. The number of aliphatic hydroxyl groups is 1. The van der Waals surface area contributed by atoms with Gasteiger partial charge in [-0.15, -0.1) is 0 Å². The van der Waals surface area contributed by atoms with Crippen molar-refractivity contribution in [3.63, 3.8) is 0 Å². The maximum Gasteiger partial charge on any atom is 0.224 e.